The van der Waals surface area contributed by atoms with Crippen LogP contribution in [-0.4, -0.2) is 73.3 Å². The summed E-state index contributed by atoms with van der Waals surface area (Å²) in [5, 5.41) is 17.8. The highest BCUT2D eigenvalue weighted by atomic mass is 35.5. The summed E-state index contributed by atoms with van der Waals surface area (Å²) in [6, 6.07) is 74.6. The average Bonchev–Trinajstić information content (AvgIpc) is 1.62. The second kappa shape index (κ2) is 34.3. The molecule has 0 amide bonds. The normalized spacial score (nSPS) is 10.7. The number of rotatable bonds is 11. The molecular weight excluding hydrogens is 1410 g/mol. The molecule has 0 spiro atoms. The van der Waals surface area contributed by atoms with E-state index < -0.39 is 5.97 Å². The van der Waals surface area contributed by atoms with E-state index in [0.29, 0.717) is 27.1 Å². The highest BCUT2D eigenvalue weighted by Gasteiger charge is 2.22. The van der Waals surface area contributed by atoms with Crippen LogP contribution in [0, 0.1) is 34.6 Å². The third-order valence-electron chi connectivity index (χ3n) is 16.6. The van der Waals surface area contributed by atoms with Crippen LogP contribution in [0.4, 0.5) is 5.69 Å². The molecule has 0 aliphatic carbocycles. The first-order valence-electron chi connectivity index (χ1n) is 32.7. The number of aromatic amines is 1. The Balaban J connectivity index is 0.000000137. The zero-order valence-electron chi connectivity index (χ0n) is 58.7. The van der Waals surface area contributed by atoms with Crippen molar-refractivity contribution in [1.82, 2.24) is 23.3 Å². The van der Waals surface area contributed by atoms with Crippen LogP contribution in [0.2, 0.25) is 20.1 Å². The number of hydrogen-bond acceptors (Lipinski definition) is 10. The number of fused-ring (bicyclic) bond motifs is 5. The predicted molar refractivity (Wildman–Crippen MR) is 425 cm³/mol. The number of carbonyl (C=O) groups is 3. The molecule has 10 aromatic carbocycles. The molecule has 5 heterocycles. The number of aryl methyl sites for hydroxylation is 4. The third-order valence-corrected chi connectivity index (χ3v) is 17.9. The number of nitrogen functional groups attached to an aromatic ring is 1. The number of benzene rings is 10. The van der Waals surface area contributed by atoms with Crippen molar-refractivity contribution in [3.05, 3.63) is 291 Å². The molecule has 15 rings (SSSR count). The molecule has 0 saturated carbocycles. The number of ether oxygens (including phenoxy) is 5. The lowest BCUT2D eigenvalue weighted by Crippen LogP contribution is -2.03. The first-order valence-corrected chi connectivity index (χ1v) is 34.7. The summed E-state index contributed by atoms with van der Waals surface area (Å²) >= 11 is 29.6. The molecule has 4 N–H and O–H groups in total. The number of nitrogens with two attached hydrogens (primary N) is 1. The van der Waals surface area contributed by atoms with Gasteiger partial charge >= 0.3 is 11.9 Å². The molecule has 5 aromatic heterocycles. The van der Waals surface area contributed by atoms with E-state index in [1.165, 1.54) is 36.0 Å². The van der Waals surface area contributed by atoms with Crippen molar-refractivity contribution in [3.63, 3.8) is 0 Å². The lowest BCUT2D eigenvalue weighted by molar-refractivity contribution is -0.132. The van der Waals surface area contributed by atoms with Crippen LogP contribution in [0.25, 0.3) is 77.3 Å². The standard InChI is InChI=1S/C19H15Cl2NO3.C17H14ClNO2.C16H14ClNO.C15H12ClNO.C10H11NO.C7H9NO/c1-11-19(18(24)10-20)16-8-7-15(25-12(2)23)9-17(16)22(11)14-5-3-13(21)4-6-14;1-11-9-13-3-8-16(21-12(2)20)10-17(13)19(11)15-6-4-14(18)5-7-15;1-11-9-12-3-8-15(19-2)10-16(12)18(11)14-6-4-13(17)5-7-14;1-10-8-11-2-7-14(18)9-15(11)17(10)13-5-3-12(16)4-6-13;1-7-5-8-3-4-9(12-2)6-10(8)11-7;1-9-7-4-2-3-6(8)5-7/h3-9H,10H2,1-2H3;3-10H,1-2H3;3-10H,1-2H3;2-9,18H,1H3;3-6,11H,1-2H3;2-5H,8H2,1H3. The second-order valence-corrected chi connectivity index (χ2v) is 26.1. The molecule has 530 valence electrons. The minimum atomic E-state index is -0.405. The van der Waals surface area contributed by atoms with Crippen LogP contribution in [0.1, 0.15) is 52.7 Å². The summed E-state index contributed by atoms with van der Waals surface area (Å²) in [7, 11) is 4.98. The van der Waals surface area contributed by atoms with Crippen LogP contribution in [0.3, 0.4) is 0 Å². The smallest absolute Gasteiger partial charge is 0.308 e. The van der Waals surface area contributed by atoms with E-state index in [-0.39, 0.29) is 23.4 Å². The Morgan fingerprint density at radius 1 is 0.413 bits per heavy atom. The number of halogens is 5. The van der Waals surface area contributed by atoms with Crippen LogP contribution < -0.4 is 29.4 Å². The lowest BCUT2D eigenvalue weighted by Gasteiger charge is -2.09. The van der Waals surface area contributed by atoms with Crippen LogP contribution in [0.5, 0.6) is 34.5 Å². The van der Waals surface area contributed by atoms with Crippen molar-refractivity contribution >= 4 is 136 Å². The minimum absolute atomic E-state index is 0.105. The number of esters is 2. The van der Waals surface area contributed by atoms with Gasteiger partial charge in [-0.15, -0.1) is 11.6 Å². The Morgan fingerprint density at radius 3 is 1.21 bits per heavy atom. The molecule has 15 aromatic rings. The Hall–Kier alpha value is -11.0. The van der Waals surface area contributed by atoms with Crippen molar-refractivity contribution < 1.29 is 43.2 Å². The highest BCUT2D eigenvalue weighted by Crippen LogP contribution is 2.35. The van der Waals surface area contributed by atoms with Gasteiger partial charge in [0.2, 0.25) is 0 Å². The van der Waals surface area contributed by atoms with Crippen LogP contribution in [0.15, 0.2) is 237 Å². The number of aromatic hydroxyl groups is 1. The quantitative estimate of drug-likeness (QED) is 0.0371. The summed E-state index contributed by atoms with van der Waals surface area (Å²) in [5.41, 5.74) is 21.1. The zero-order valence-corrected chi connectivity index (χ0v) is 62.5. The number of nitrogens with zero attached hydrogens (tertiary/aromatic N) is 4. The molecule has 0 fully saturated rings. The first kappa shape index (κ1) is 75.6. The monoisotopic (exact) mass is 1490 g/mol. The molecule has 0 atom stereocenters. The number of aromatic nitrogens is 5. The number of phenolic OH excluding ortho intramolecular Hbond substituents is 1. The van der Waals surface area contributed by atoms with Crippen molar-refractivity contribution in [1.29, 1.82) is 0 Å². The number of nitrogens with one attached hydrogen (secondary N) is 1. The number of ketones is 1. The summed E-state index contributed by atoms with van der Waals surface area (Å²) in [6.07, 6.45) is 0. The van der Waals surface area contributed by atoms with Gasteiger partial charge < -0.3 is 57.8 Å². The van der Waals surface area contributed by atoms with E-state index in [2.05, 4.69) is 68.1 Å². The van der Waals surface area contributed by atoms with E-state index in [0.717, 1.165) is 117 Å². The number of carbonyl (C=O) groups excluding carboxylic acids is 3. The fourth-order valence-electron chi connectivity index (χ4n) is 12.1. The number of phenols is 1. The number of anilines is 1. The lowest BCUT2D eigenvalue weighted by atomic mass is 10.1. The van der Waals surface area contributed by atoms with Gasteiger partial charge in [0.15, 0.2) is 5.78 Å². The van der Waals surface area contributed by atoms with Gasteiger partial charge in [0, 0.05) is 160 Å². The molecule has 0 bridgehead atoms. The highest BCUT2D eigenvalue weighted by molar-refractivity contribution is 6.33. The summed E-state index contributed by atoms with van der Waals surface area (Å²) in [6.45, 7) is 12.8. The van der Waals surface area contributed by atoms with Gasteiger partial charge in [-0.1, -0.05) is 52.5 Å². The molecule has 20 heteroatoms. The molecule has 0 radical (unpaired) electrons. The summed E-state index contributed by atoms with van der Waals surface area (Å²) in [5.74, 6) is 2.80. The van der Waals surface area contributed by atoms with Gasteiger partial charge in [0.1, 0.15) is 34.5 Å². The van der Waals surface area contributed by atoms with Gasteiger partial charge in [-0.2, -0.15) is 0 Å². The Bertz CT molecular complexity index is 5540. The van der Waals surface area contributed by atoms with Gasteiger partial charge in [-0.05, 0) is 234 Å². The molecular formula is C84H75Cl5N6O9. The summed E-state index contributed by atoms with van der Waals surface area (Å²) < 4.78 is 34.0. The van der Waals surface area contributed by atoms with Crippen LogP contribution in [-0.2, 0) is 9.59 Å². The average molecular weight is 1490 g/mol. The first-order chi connectivity index (χ1) is 49.9. The second-order valence-electron chi connectivity index (χ2n) is 24.1. The molecule has 0 saturated heterocycles. The van der Waals surface area contributed by atoms with E-state index >= 15 is 0 Å². The predicted octanol–water partition coefficient (Wildman–Crippen LogP) is 22.1. The van der Waals surface area contributed by atoms with Crippen LogP contribution >= 0.6 is 58.0 Å². The van der Waals surface area contributed by atoms with Gasteiger partial charge in [0.05, 0.1) is 49.3 Å². The maximum Gasteiger partial charge on any atom is 0.308 e. The molecule has 0 aliphatic heterocycles. The SMILES string of the molecule is CC(=O)Oc1ccc2c(C(=O)CCl)c(C)n(-c3ccc(Cl)cc3)c2c1.CC(=O)Oc1ccc2cc(C)n(-c3ccc(Cl)cc3)c2c1.COc1ccc2cc(C)[nH]c2c1.COc1ccc2cc(C)n(-c3ccc(Cl)cc3)c2c1.COc1cccc(N)c1.Cc1cc2ccc(O)cc2n1-c1ccc(Cl)cc1. The van der Waals surface area contributed by atoms with Crippen molar-refractivity contribution in [2.75, 3.05) is 32.9 Å². The van der Waals surface area contributed by atoms with E-state index in [9.17, 15) is 19.5 Å². The minimum Gasteiger partial charge on any atom is -0.508 e. The fraction of sp³-hybridized carbons (Fsp3) is 0.131. The molecule has 0 unspecified atom stereocenters. The van der Waals surface area contributed by atoms with E-state index in [1.807, 2.05) is 172 Å². The number of Topliss-reactive ketones (excluding diaryl/α,β-unsaturated/α-hetero) is 1. The maximum atomic E-state index is 12.4. The zero-order chi connectivity index (χ0) is 74.5. The number of methoxy groups -OCH3 is 3. The molecule has 0 aliphatic rings. The van der Waals surface area contributed by atoms with Crippen molar-refractivity contribution in [2.24, 2.45) is 0 Å². The number of hydrogen-bond donors (Lipinski definition) is 3. The molecule has 104 heavy (non-hydrogen) atoms. The topological polar surface area (TPSA) is 179 Å². The maximum absolute atomic E-state index is 12.4. The number of alkyl halides is 1. The Labute approximate surface area is 627 Å². The van der Waals surface area contributed by atoms with Crippen molar-refractivity contribution in [3.8, 4) is 57.2 Å². The molecule has 15 nitrogen and oxygen atoms in total. The number of H-pyrrole nitrogens is 1. The van der Waals surface area contributed by atoms with Crippen molar-refractivity contribution in [2.45, 2.75) is 48.5 Å². The Kier molecular flexibility index (Phi) is 24.9. The van der Waals surface area contributed by atoms with E-state index in [1.54, 1.807) is 75.9 Å². The van der Waals surface area contributed by atoms with Gasteiger partial charge in [0.25, 0.3) is 0 Å². The van der Waals surface area contributed by atoms with Gasteiger partial charge in [-0.25, -0.2) is 0 Å². The third kappa shape index (κ3) is 18.4. The summed E-state index contributed by atoms with van der Waals surface area (Å²) in [4.78, 5) is 38.0. The van der Waals surface area contributed by atoms with Gasteiger partial charge in [-0.3, -0.25) is 14.4 Å². The van der Waals surface area contributed by atoms with E-state index in [4.69, 9.17) is 87.4 Å². The fourth-order valence-corrected chi connectivity index (χ4v) is 12.7. The Morgan fingerprint density at radius 2 is 0.788 bits per heavy atom. The largest absolute Gasteiger partial charge is 0.508 e.